The molecular formula is C18H17N3O3. The van der Waals surface area contributed by atoms with Crippen LogP contribution < -0.4 is 15.6 Å². The van der Waals surface area contributed by atoms with Gasteiger partial charge in [-0.2, -0.15) is 0 Å². The number of fused-ring (bicyclic) bond motifs is 1. The second kappa shape index (κ2) is 6.95. The van der Waals surface area contributed by atoms with Gasteiger partial charge < -0.3 is 15.0 Å². The van der Waals surface area contributed by atoms with E-state index in [0.717, 1.165) is 10.9 Å². The lowest BCUT2D eigenvalue weighted by molar-refractivity contribution is 0.0949. The van der Waals surface area contributed by atoms with E-state index in [1.807, 2.05) is 18.2 Å². The number of hydrogen-bond donors (Lipinski definition) is 2. The van der Waals surface area contributed by atoms with E-state index in [1.165, 1.54) is 0 Å². The van der Waals surface area contributed by atoms with Crippen molar-refractivity contribution >= 4 is 16.8 Å². The lowest BCUT2D eigenvalue weighted by Gasteiger charge is -2.07. The van der Waals surface area contributed by atoms with Crippen molar-refractivity contribution in [1.82, 2.24) is 15.3 Å². The zero-order valence-corrected chi connectivity index (χ0v) is 13.2. The Morgan fingerprint density at radius 1 is 1.25 bits per heavy atom. The van der Waals surface area contributed by atoms with E-state index < -0.39 is 0 Å². The minimum atomic E-state index is -0.252. The number of aromatic nitrogens is 2. The number of benzene rings is 1. The largest absolute Gasteiger partial charge is 0.497 e. The summed E-state index contributed by atoms with van der Waals surface area (Å²) in [7, 11) is 1.58. The molecular weight excluding hydrogens is 306 g/mol. The van der Waals surface area contributed by atoms with Crippen LogP contribution >= 0.6 is 0 Å². The average Bonchev–Trinajstić information content (AvgIpc) is 2.62. The van der Waals surface area contributed by atoms with E-state index in [1.54, 1.807) is 37.6 Å². The summed E-state index contributed by atoms with van der Waals surface area (Å²) in [6.45, 7) is 0.361. The van der Waals surface area contributed by atoms with Crippen LogP contribution in [0.3, 0.4) is 0 Å². The highest BCUT2D eigenvalue weighted by atomic mass is 16.5. The molecule has 0 fully saturated rings. The summed E-state index contributed by atoms with van der Waals surface area (Å²) in [4.78, 5) is 30.9. The number of carbonyl (C=O) groups is 1. The van der Waals surface area contributed by atoms with Gasteiger partial charge in [0.15, 0.2) is 0 Å². The number of ether oxygens (including phenoxy) is 1. The van der Waals surface area contributed by atoms with Crippen LogP contribution in [0.4, 0.5) is 0 Å². The van der Waals surface area contributed by atoms with E-state index in [0.29, 0.717) is 30.0 Å². The van der Waals surface area contributed by atoms with Gasteiger partial charge in [-0.25, -0.2) is 0 Å². The molecule has 0 aliphatic rings. The van der Waals surface area contributed by atoms with Crippen LogP contribution in [0, 0.1) is 0 Å². The van der Waals surface area contributed by atoms with Crippen molar-refractivity contribution < 1.29 is 9.53 Å². The fraction of sp³-hybridized carbons (Fsp3) is 0.167. The predicted octanol–water partition coefficient (Wildman–Crippen LogP) is 1.90. The molecule has 6 nitrogen and oxygen atoms in total. The average molecular weight is 323 g/mol. The molecule has 0 bridgehead atoms. The highest BCUT2D eigenvalue weighted by Gasteiger charge is 2.07. The summed E-state index contributed by atoms with van der Waals surface area (Å²) in [5, 5.41) is 3.68. The maximum absolute atomic E-state index is 12.2. The van der Waals surface area contributed by atoms with E-state index in [2.05, 4.69) is 15.3 Å². The number of carbonyl (C=O) groups excluding carboxylic acids is 1. The number of amides is 1. The van der Waals surface area contributed by atoms with E-state index in [4.69, 9.17) is 4.74 Å². The van der Waals surface area contributed by atoms with Gasteiger partial charge in [-0.1, -0.05) is 6.07 Å². The Balaban J connectivity index is 1.70. The van der Waals surface area contributed by atoms with Gasteiger partial charge in [0.05, 0.1) is 12.6 Å². The lowest BCUT2D eigenvalue weighted by Crippen LogP contribution is -2.28. The number of nitrogens with one attached hydrogen (secondary N) is 2. The highest BCUT2D eigenvalue weighted by molar-refractivity contribution is 5.92. The van der Waals surface area contributed by atoms with Crippen molar-refractivity contribution in [2.75, 3.05) is 13.7 Å². The fourth-order valence-corrected chi connectivity index (χ4v) is 2.44. The Kier molecular flexibility index (Phi) is 4.56. The molecule has 0 aliphatic heterocycles. The molecule has 0 saturated carbocycles. The molecule has 3 aromatic rings. The number of hydrogen-bond acceptors (Lipinski definition) is 4. The molecule has 0 unspecified atom stereocenters. The van der Waals surface area contributed by atoms with Crippen LogP contribution in [0.25, 0.3) is 10.9 Å². The van der Waals surface area contributed by atoms with Crippen molar-refractivity contribution in [1.29, 1.82) is 0 Å². The first-order valence-corrected chi connectivity index (χ1v) is 7.56. The van der Waals surface area contributed by atoms with E-state index in [9.17, 15) is 9.59 Å². The summed E-state index contributed by atoms with van der Waals surface area (Å²) in [5.74, 6) is 0.436. The molecule has 0 radical (unpaired) electrons. The molecule has 2 N–H and O–H groups in total. The number of aromatic amines is 1. The van der Waals surface area contributed by atoms with Crippen molar-refractivity contribution in [3.8, 4) is 5.75 Å². The molecule has 0 atom stereocenters. The minimum absolute atomic E-state index is 0.164. The number of methoxy groups -OCH3 is 1. The summed E-state index contributed by atoms with van der Waals surface area (Å²) < 4.78 is 5.15. The Hall–Kier alpha value is -3.15. The first-order chi connectivity index (χ1) is 11.7. The molecule has 1 aromatic carbocycles. The first kappa shape index (κ1) is 15.7. The molecule has 2 heterocycles. The molecule has 122 valence electrons. The van der Waals surface area contributed by atoms with Crippen molar-refractivity contribution in [2.24, 2.45) is 0 Å². The Morgan fingerprint density at radius 3 is 2.88 bits per heavy atom. The van der Waals surface area contributed by atoms with Gasteiger partial charge in [-0.05, 0) is 42.1 Å². The van der Waals surface area contributed by atoms with Crippen molar-refractivity contribution in [3.05, 3.63) is 70.3 Å². The zero-order chi connectivity index (χ0) is 16.9. The van der Waals surface area contributed by atoms with Gasteiger partial charge in [-0.3, -0.25) is 14.6 Å². The summed E-state index contributed by atoms with van der Waals surface area (Å²) in [5.41, 5.74) is 1.54. The van der Waals surface area contributed by atoms with Gasteiger partial charge in [0.2, 0.25) is 0 Å². The van der Waals surface area contributed by atoms with Gasteiger partial charge in [-0.15, -0.1) is 0 Å². The first-order valence-electron chi connectivity index (χ1n) is 7.56. The monoisotopic (exact) mass is 323 g/mol. The zero-order valence-electron chi connectivity index (χ0n) is 13.2. The molecule has 0 saturated heterocycles. The third-order valence-electron chi connectivity index (χ3n) is 3.71. The molecule has 24 heavy (non-hydrogen) atoms. The molecule has 0 aliphatic carbocycles. The standard InChI is InChI=1S/C18H17N3O3/c1-24-14-6-5-12-10-13(17(22)21-16(12)11-14)7-9-20-18(23)15-4-2-3-8-19-15/h2-6,8,10-11H,7,9H2,1H3,(H,20,23)(H,21,22). The molecule has 1 amide bonds. The Bertz CT molecular complexity index is 920. The van der Waals surface area contributed by atoms with Crippen molar-refractivity contribution in [3.63, 3.8) is 0 Å². The lowest BCUT2D eigenvalue weighted by atomic mass is 10.1. The predicted molar refractivity (Wildman–Crippen MR) is 91.4 cm³/mol. The van der Waals surface area contributed by atoms with Crippen LogP contribution in [0.5, 0.6) is 5.75 Å². The van der Waals surface area contributed by atoms with Gasteiger partial charge >= 0.3 is 0 Å². The van der Waals surface area contributed by atoms with Gasteiger partial charge in [0.1, 0.15) is 11.4 Å². The van der Waals surface area contributed by atoms with Crippen LogP contribution in [-0.2, 0) is 6.42 Å². The quantitative estimate of drug-likeness (QED) is 0.751. The number of nitrogens with zero attached hydrogens (tertiary/aromatic N) is 1. The third kappa shape index (κ3) is 3.43. The fourth-order valence-electron chi connectivity index (χ4n) is 2.44. The van der Waals surface area contributed by atoms with Crippen LogP contribution in [0.15, 0.2) is 53.5 Å². The highest BCUT2D eigenvalue weighted by Crippen LogP contribution is 2.18. The molecule has 0 spiro atoms. The number of H-pyrrole nitrogens is 1. The summed E-state index contributed by atoms with van der Waals surface area (Å²) >= 11 is 0. The van der Waals surface area contributed by atoms with Crippen LogP contribution in [0.1, 0.15) is 16.1 Å². The maximum atomic E-state index is 12.2. The normalized spacial score (nSPS) is 10.5. The third-order valence-corrected chi connectivity index (χ3v) is 3.71. The van der Waals surface area contributed by atoms with Crippen LogP contribution in [0.2, 0.25) is 0 Å². The minimum Gasteiger partial charge on any atom is -0.497 e. The van der Waals surface area contributed by atoms with Crippen molar-refractivity contribution in [2.45, 2.75) is 6.42 Å². The summed E-state index contributed by atoms with van der Waals surface area (Å²) in [6.07, 6.45) is 2.01. The second-order valence-corrected chi connectivity index (χ2v) is 5.30. The van der Waals surface area contributed by atoms with E-state index in [-0.39, 0.29) is 11.5 Å². The molecule has 6 heteroatoms. The van der Waals surface area contributed by atoms with Crippen LogP contribution in [-0.4, -0.2) is 29.5 Å². The van der Waals surface area contributed by atoms with Gasteiger partial charge in [0.25, 0.3) is 11.5 Å². The Labute approximate surface area is 138 Å². The smallest absolute Gasteiger partial charge is 0.269 e. The molecule has 3 rings (SSSR count). The second-order valence-electron chi connectivity index (χ2n) is 5.30. The topological polar surface area (TPSA) is 84.1 Å². The van der Waals surface area contributed by atoms with E-state index >= 15 is 0 Å². The Morgan fingerprint density at radius 2 is 2.12 bits per heavy atom. The number of pyridine rings is 2. The van der Waals surface area contributed by atoms with Gasteiger partial charge in [0, 0.05) is 24.4 Å². The maximum Gasteiger partial charge on any atom is 0.269 e. The SMILES string of the molecule is COc1ccc2cc(CCNC(=O)c3ccccn3)c(=O)[nH]c2c1. The summed E-state index contributed by atoms with van der Waals surface area (Å²) in [6, 6.07) is 12.5. The number of rotatable bonds is 5. The molecule has 2 aromatic heterocycles.